The molecule has 1 heterocycles. The van der Waals surface area contributed by atoms with Crippen molar-refractivity contribution >= 4 is 23.4 Å². The SMILES string of the molecule is NC(=O)[C@@]12C=C[C@@H](CC1)[C@@H]1C(=O)N(c3ccccc3)C(=O)[C@@H]12. The molecule has 1 aromatic rings. The van der Waals surface area contributed by atoms with E-state index in [-0.39, 0.29) is 17.7 Å². The number of rotatable bonds is 2. The monoisotopic (exact) mass is 296 g/mol. The van der Waals surface area contributed by atoms with Gasteiger partial charge in [0.2, 0.25) is 17.7 Å². The Kier molecular flexibility index (Phi) is 2.58. The van der Waals surface area contributed by atoms with Crippen LogP contribution < -0.4 is 10.6 Å². The van der Waals surface area contributed by atoms with Gasteiger partial charge in [-0.2, -0.15) is 0 Å². The predicted octanol–water partition coefficient (Wildman–Crippen LogP) is 1.24. The van der Waals surface area contributed by atoms with E-state index < -0.39 is 23.2 Å². The number of fused-ring (bicyclic) bond motifs is 1. The Morgan fingerprint density at radius 1 is 1.18 bits per heavy atom. The molecule has 22 heavy (non-hydrogen) atoms. The Labute approximate surface area is 127 Å². The summed E-state index contributed by atoms with van der Waals surface area (Å²) in [6.07, 6.45) is 4.94. The number of amides is 3. The van der Waals surface area contributed by atoms with E-state index in [0.717, 1.165) is 6.42 Å². The molecule has 0 unspecified atom stereocenters. The van der Waals surface area contributed by atoms with Gasteiger partial charge in [-0.25, -0.2) is 4.90 Å². The zero-order valence-corrected chi connectivity index (χ0v) is 11.9. The molecule has 3 aliphatic carbocycles. The quantitative estimate of drug-likeness (QED) is 0.658. The van der Waals surface area contributed by atoms with Gasteiger partial charge < -0.3 is 5.73 Å². The Hall–Kier alpha value is -2.43. The van der Waals surface area contributed by atoms with Gasteiger partial charge in [0.25, 0.3) is 0 Å². The Morgan fingerprint density at radius 2 is 1.91 bits per heavy atom. The maximum absolute atomic E-state index is 12.9. The third-order valence-corrected chi connectivity index (χ3v) is 5.37. The van der Waals surface area contributed by atoms with Gasteiger partial charge in [-0.15, -0.1) is 0 Å². The number of anilines is 1. The van der Waals surface area contributed by atoms with Gasteiger partial charge in [0, 0.05) is 0 Å². The molecule has 5 nitrogen and oxygen atoms in total. The number of hydrogen-bond donors (Lipinski definition) is 1. The minimum absolute atomic E-state index is 0.0244. The normalized spacial score (nSPS) is 35.8. The third-order valence-electron chi connectivity index (χ3n) is 5.37. The van der Waals surface area contributed by atoms with Gasteiger partial charge in [-0.3, -0.25) is 14.4 Å². The van der Waals surface area contributed by atoms with E-state index in [1.807, 2.05) is 12.1 Å². The number of allylic oxidation sites excluding steroid dienone is 1. The number of nitrogens with two attached hydrogens (primary N) is 1. The minimum atomic E-state index is -1.00. The van der Waals surface area contributed by atoms with Crippen molar-refractivity contribution in [2.45, 2.75) is 12.8 Å². The van der Waals surface area contributed by atoms with Crippen molar-refractivity contribution in [2.75, 3.05) is 4.90 Å². The van der Waals surface area contributed by atoms with E-state index in [4.69, 9.17) is 5.73 Å². The average molecular weight is 296 g/mol. The van der Waals surface area contributed by atoms with Crippen LogP contribution in [0, 0.1) is 23.2 Å². The second-order valence-electron chi connectivity index (χ2n) is 6.32. The van der Waals surface area contributed by atoms with Gasteiger partial charge in [0.15, 0.2) is 0 Å². The van der Waals surface area contributed by atoms with Crippen molar-refractivity contribution in [3.63, 3.8) is 0 Å². The van der Waals surface area contributed by atoms with Gasteiger partial charge >= 0.3 is 0 Å². The first-order valence-electron chi connectivity index (χ1n) is 7.48. The molecule has 112 valence electrons. The first kappa shape index (κ1) is 13.2. The maximum Gasteiger partial charge on any atom is 0.239 e. The zero-order valence-electron chi connectivity index (χ0n) is 11.9. The number of para-hydroxylation sites is 1. The molecule has 1 aromatic carbocycles. The molecule has 0 spiro atoms. The molecule has 1 saturated heterocycles. The number of nitrogens with zero attached hydrogens (tertiary/aromatic N) is 1. The van der Waals surface area contributed by atoms with E-state index >= 15 is 0 Å². The third kappa shape index (κ3) is 1.46. The lowest BCUT2D eigenvalue weighted by molar-refractivity contribution is -0.141. The average Bonchev–Trinajstić information content (AvgIpc) is 2.83. The van der Waals surface area contributed by atoms with Gasteiger partial charge in [-0.1, -0.05) is 30.4 Å². The maximum atomic E-state index is 12.9. The van der Waals surface area contributed by atoms with Crippen molar-refractivity contribution in [1.82, 2.24) is 0 Å². The highest BCUT2D eigenvalue weighted by atomic mass is 16.2. The molecule has 3 amide bonds. The fourth-order valence-corrected chi connectivity index (χ4v) is 4.29. The largest absolute Gasteiger partial charge is 0.369 e. The van der Waals surface area contributed by atoms with Crippen LogP contribution in [-0.2, 0) is 14.4 Å². The molecule has 1 saturated carbocycles. The Balaban J connectivity index is 1.84. The minimum Gasteiger partial charge on any atom is -0.369 e. The van der Waals surface area contributed by atoms with E-state index in [9.17, 15) is 14.4 Å². The van der Waals surface area contributed by atoms with Crippen molar-refractivity contribution in [3.05, 3.63) is 42.5 Å². The Bertz CT molecular complexity index is 712. The summed E-state index contributed by atoms with van der Waals surface area (Å²) in [6, 6.07) is 8.87. The lowest BCUT2D eigenvalue weighted by Gasteiger charge is -2.45. The molecular weight excluding hydrogens is 280 g/mol. The molecule has 2 N–H and O–H groups in total. The number of carbonyl (C=O) groups is 3. The first-order valence-corrected chi connectivity index (χ1v) is 7.48. The molecule has 5 heteroatoms. The predicted molar refractivity (Wildman–Crippen MR) is 79.4 cm³/mol. The fraction of sp³-hybridized carbons (Fsp3) is 0.353. The van der Waals surface area contributed by atoms with Gasteiger partial charge in [-0.05, 0) is 30.9 Å². The van der Waals surface area contributed by atoms with Crippen molar-refractivity contribution in [1.29, 1.82) is 0 Å². The van der Waals surface area contributed by atoms with Crippen molar-refractivity contribution in [2.24, 2.45) is 28.9 Å². The highest BCUT2D eigenvalue weighted by Gasteiger charge is 2.65. The summed E-state index contributed by atoms with van der Waals surface area (Å²) in [5.74, 6) is -2.10. The number of imide groups is 1. The van der Waals surface area contributed by atoms with Crippen LogP contribution in [0.5, 0.6) is 0 Å². The van der Waals surface area contributed by atoms with E-state index in [1.165, 1.54) is 4.90 Å². The van der Waals surface area contributed by atoms with Gasteiger partial charge in [0.1, 0.15) is 0 Å². The fourth-order valence-electron chi connectivity index (χ4n) is 4.29. The van der Waals surface area contributed by atoms with E-state index in [1.54, 1.807) is 30.3 Å². The molecule has 0 aromatic heterocycles. The van der Waals surface area contributed by atoms with Crippen molar-refractivity contribution < 1.29 is 14.4 Å². The second-order valence-corrected chi connectivity index (χ2v) is 6.32. The molecule has 2 fully saturated rings. The summed E-state index contributed by atoms with van der Waals surface area (Å²) in [6.45, 7) is 0. The smallest absolute Gasteiger partial charge is 0.239 e. The summed E-state index contributed by atoms with van der Waals surface area (Å²) in [7, 11) is 0. The molecule has 2 bridgehead atoms. The van der Waals surface area contributed by atoms with Crippen LogP contribution in [0.2, 0.25) is 0 Å². The molecule has 5 rings (SSSR count). The number of carbonyl (C=O) groups excluding carboxylic acids is 3. The van der Waals surface area contributed by atoms with Crippen LogP contribution in [0.15, 0.2) is 42.5 Å². The molecular formula is C17H16N2O3. The van der Waals surface area contributed by atoms with Crippen LogP contribution in [-0.4, -0.2) is 17.7 Å². The second kappa shape index (κ2) is 4.29. The van der Waals surface area contributed by atoms with Crippen LogP contribution in [0.1, 0.15) is 12.8 Å². The summed E-state index contributed by atoms with van der Waals surface area (Å²) in [5.41, 5.74) is 5.17. The summed E-state index contributed by atoms with van der Waals surface area (Å²) >= 11 is 0. The van der Waals surface area contributed by atoms with E-state index in [0.29, 0.717) is 12.1 Å². The number of benzene rings is 1. The summed E-state index contributed by atoms with van der Waals surface area (Å²) < 4.78 is 0. The number of hydrogen-bond acceptors (Lipinski definition) is 3. The van der Waals surface area contributed by atoms with Crippen LogP contribution in [0.4, 0.5) is 5.69 Å². The lowest BCUT2D eigenvalue weighted by Crippen LogP contribution is -2.53. The molecule has 4 aliphatic rings. The van der Waals surface area contributed by atoms with Crippen LogP contribution in [0.3, 0.4) is 0 Å². The molecule has 1 aliphatic heterocycles. The van der Waals surface area contributed by atoms with Crippen LogP contribution in [0.25, 0.3) is 0 Å². The summed E-state index contributed by atoms with van der Waals surface area (Å²) in [4.78, 5) is 39.0. The zero-order chi connectivity index (χ0) is 15.5. The van der Waals surface area contributed by atoms with Crippen LogP contribution >= 0.6 is 0 Å². The number of primary amides is 1. The van der Waals surface area contributed by atoms with Crippen molar-refractivity contribution in [3.8, 4) is 0 Å². The highest BCUT2D eigenvalue weighted by Crippen LogP contribution is 2.56. The Morgan fingerprint density at radius 3 is 2.50 bits per heavy atom. The van der Waals surface area contributed by atoms with E-state index in [2.05, 4.69) is 0 Å². The standard InChI is InChI=1S/C17H16N2O3/c18-16(22)17-8-6-10(7-9-17)12-13(17)15(21)19(14(12)20)11-4-2-1-3-5-11/h1-6,8,10,12-13H,7,9H2,(H2,18,22)/t10-,12-,13+,17-/m0/s1. The first-order chi connectivity index (χ1) is 10.6. The highest BCUT2D eigenvalue weighted by molar-refractivity contribution is 6.23. The lowest BCUT2D eigenvalue weighted by atomic mass is 9.54. The molecule has 0 radical (unpaired) electrons. The molecule has 4 atom stereocenters. The summed E-state index contributed by atoms with van der Waals surface area (Å²) in [5, 5.41) is 0. The topological polar surface area (TPSA) is 80.5 Å². The van der Waals surface area contributed by atoms with Gasteiger partial charge in [0.05, 0.1) is 22.9 Å².